The van der Waals surface area contributed by atoms with E-state index in [1.165, 1.54) is 21.1 Å². The number of anilines is 1. The molecular formula is C24H25N5O4S2. The molecule has 2 aliphatic heterocycles. The van der Waals surface area contributed by atoms with Crippen molar-refractivity contribution in [2.24, 2.45) is 0 Å². The van der Waals surface area contributed by atoms with Crippen molar-refractivity contribution in [3.8, 4) is 0 Å². The lowest BCUT2D eigenvalue weighted by atomic mass is 10.2. The Kier molecular flexibility index (Phi) is 7.28. The fourth-order valence-corrected chi connectivity index (χ4v) is 5.26. The third-order valence-corrected chi connectivity index (χ3v) is 7.24. The van der Waals surface area contributed by atoms with Gasteiger partial charge in [0.1, 0.15) is 21.5 Å². The second-order valence-corrected chi connectivity index (χ2v) is 9.87. The van der Waals surface area contributed by atoms with Crippen molar-refractivity contribution < 1.29 is 13.9 Å². The van der Waals surface area contributed by atoms with Gasteiger partial charge in [0.2, 0.25) is 0 Å². The molecule has 0 spiro atoms. The number of aromatic nitrogens is 2. The van der Waals surface area contributed by atoms with Crippen LogP contribution in [-0.4, -0.2) is 68.8 Å². The van der Waals surface area contributed by atoms with E-state index >= 15 is 0 Å². The number of amides is 1. The molecule has 0 atom stereocenters. The molecule has 0 aliphatic carbocycles. The Balaban J connectivity index is 1.39. The number of thioether (sulfide) groups is 1. The Hall–Kier alpha value is -2.99. The van der Waals surface area contributed by atoms with E-state index in [1.54, 1.807) is 42.8 Å². The second-order valence-electron chi connectivity index (χ2n) is 8.19. The highest BCUT2D eigenvalue weighted by Gasteiger charge is 2.33. The van der Waals surface area contributed by atoms with Gasteiger partial charge in [-0.25, -0.2) is 4.98 Å². The first-order valence-electron chi connectivity index (χ1n) is 11.4. The normalized spacial score (nSPS) is 18.2. The molecule has 0 bridgehead atoms. The number of fused-ring (bicyclic) bond motifs is 1. The van der Waals surface area contributed by atoms with Gasteiger partial charge in [-0.3, -0.25) is 23.8 Å². The van der Waals surface area contributed by atoms with Crippen LogP contribution >= 0.6 is 24.0 Å². The Morgan fingerprint density at radius 3 is 2.83 bits per heavy atom. The zero-order chi connectivity index (χ0) is 24.2. The van der Waals surface area contributed by atoms with Crippen molar-refractivity contribution in [2.45, 2.75) is 13.0 Å². The fourth-order valence-electron chi connectivity index (χ4n) is 4.03. The number of ether oxygens (including phenoxy) is 1. The average molecular weight is 512 g/mol. The lowest BCUT2D eigenvalue weighted by Crippen LogP contribution is -2.37. The SMILES string of the molecule is O=C1/C(=C/c2c(NCCCN3CCOCC3)nc3ccccn3c2=O)SC(=S)N1Cc1ccco1. The highest BCUT2D eigenvalue weighted by molar-refractivity contribution is 8.26. The predicted octanol–water partition coefficient (Wildman–Crippen LogP) is 2.82. The molecule has 11 heteroatoms. The van der Waals surface area contributed by atoms with E-state index in [0.29, 0.717) is 38.6 Å². The fraction of sp³-hybridized carbons (Fsp3) is 0.333. The molecule has 2 fully saturated rings. The van der Waals surface area contributed by atoms with E-state index in [9.17, 15) is 9.59 Å². The summed E-state index contributed by atoms with van der Waals surface area (Å²) >= 11 is 6.61. The molecule has 1 amide bonds. The van der Waals surface area contributed by atoms with Crippen molar-refractivity contribution in [2.75, 3.05) is 44.7 Å². The van der Waals surface area contributed by atoms with Gasteiger partial charge in [0, 0.05) is 25.8 Å². The number of hydrogen-bond acceptors (Lipinski definition) is 9. The molecule has 2 saturated heterocycles. The third-order valence-electron chi connectivity index (χ3n) is 5.86. The van der Waals surface area contributed by atoms with Gasteiger partial charge in [-0.05, 0) is 43.3 Å². The van der Waals surface area contributed by atoms with Gasteiger partial charge in [0.05, 0.1) is 36.5 Å². The smallest absolute Gasteiger partial charge is 0.267 e. The first kappa shape index (κ1) is 23.7. The molecule has 3 aromatic heterocycles. The molecule has 3 aromatic rings. The maximum absolute atomic E-state index is 13.4. The summed E-state index contributed by atoms with van der Waals surface area (Å²) in [6, 6.07) is 8.96. The number of pyridine rings is 1. The molecular weight excluding hydrogens is 486 g/mol. The quantitative estimate of drug-likeness (QED) is 0.278. The minimum atomic E-state index is -0.257. The van der Waals surface area contributed by atoms with E-state index in [2.05, 4.69) is 15.2 Å². The van der Waals surface area contributed by atoms with Gasteiger partial charge in [-0.2, -0.15) is 0 Å². The molecule has 1 N–H and O–H groups in total. The van der Waals surface area contributed by atoms with Crippen LogP contribution in [0.4, 0.5) is 5.82 Å². The number of nitrogens with one attached hydrogen (secondary N) is 1. The first-order chi connectivity index (χ1) is 17.1. The number of carbonyl (C=O) groups is 1. The van der Waals surface area contributed by atoms with Gasteiger partial charge >= 0.3 is 0 Å². The van der Waals surface area contributed by atoms with E-state index in [4.69, 9.17) is 21.4 Å². The number of thiocarbonyl (C=S) groups is 1. The zero-order valence-electron chi connectivity index (χ0n) is 19.0. The minimum Gasteiger partial charge on any atom is -0.467 e. The molecule has 0 unspecified atom stereocenters. The number of hydrogen-bond donors (Lipinski definition) is 1. The Bertz CT molecular complexity index is 1320. The van der Waals surface area contributed by atoms with Crippen molar-refractivity contribution >= 4 is 51.7 Å². The van der Waals surface area contributed by atoms with Crippen LogP contribution in [0.15, 0.2) is 56.9 Å². The molecule has 35 heavy (non-hydrogen) atoms. The zero-order valence-corrected chi connectivity index (χ0v) is 20.6. The molecule has 0 aromatic carbocycles. The van der Waals surface area contributed by atoms with Crippen molar-refractivity contribution in [1.29, 1.82) is 0 Å². The lowest BCUT2D eigenvalue weighted by Gasteiger charge is -2.26. The average Bonchev–Trinajstić information content (AvgIpc) is 3.48. The molecule has 0 saturated carbocycles. The number of furan rings is 1. The highest BCUT2D eigenvalue weighted by Crippen LogP contribution is 2.34. The van der Waals surface area contributed by atoms with Crippen LogP contribution in [0.25, 0.3) is 11.7 Å². The summed E-state index contributed by atoms with van der Waals surface area (Å²) in [6.45, 7) is 5.21. The number of morpholine rings is 1. The topological polar surface area (TPSA) is 92.3 Å². The van der Waals surface area contributed by atoms with Crippen molar-refractivity contribution in [3.63, 3.8) is 0 Å². The maximum Gasteiger partial charge on any atom is 0.267 e. The first-order valence-corrected chi connectivity index (χ1v) is 12.7. The summed E-state index contributed by atoms with van der Waals surface area (Å²) in [5, 5.41) is 3.32. The van der Waals surface area contributed by atoms with Gasteiger partial charge < -0.3 is 14.5 Å². The van der Waals surface area contributed by atoms with Crippen molar-refractivity contribution in [3.05, 3.63) is 69.4 Å². The molecule has 9 nitrogen and oxygen atoms in total. The van der Waals surface area contributed by atoms with Crippen LogP contribution in [0.3, 0.4) is 0 Å². The van der Waals surface area contributed by atoms with Crippen LogP contribution in [0.2, 0.25) is 0 Å². The summed E-state index contributed by atoms with van der Waals surface area (Å²) < 4.78 is 12.7. The Morgan fingerprint density at radius 2 is 2.03 bits per heavy atom. The summed E-state index contributed by atoms with van der Waals surface area (Å²) in [6.07, 6.45) is 5.72. The van der Waals surface area contributed by atoms with Crippen LogP contribution < -0.4 is 10.9 Å². The van der Waals surface area contributed by atoms with Crippen LogP contribution in [-0.2, 0) is 16.1 Å². The van der Waals surface area contributed by atoms with Gasteiger partial charge in [-0.1, -0.05) is 30.0 Å². The molecule has 0 radical (unpaired) electrons. The summed E-state index contributed by atoms with van der Waals surface area (Å²) in [4.78, 5) is 35.4. The van der Waals surface area contributed by atoms with Crippen LogP contribution in [0.5, 0.6) is 0 Å². The summed E-state index contributed by atoms with van der Waals surface area (Å²) in [5.41, 5.74) is 0.622. The largest absolute Gasteiger partial charge is 0.467 e. The second kappa shape index (κ2) is 10.7. The van der Waals surface area contributed by atoms with Gasteiger partial charge in [-0.15, -0.1) is 0 Å². The highest BCUT2D eigenvalue weighted by atomic mass is 32.2. The van der Waals surface area contributed by atoms with E-state index < -0.39 is 0 Å². The van der Waals surface area contributed by atoms with E-state index in [0.717, 1.165) is 39.3 Å². The Morgan fingerprint density at radius 1 is 1.17 bits per heavy atom. The molecule has 2 aliphatic rings. The molecule has 5 rings (SSSR count). The number of nitrogens with zero attached hydrogens (tertiary/aromatic N) is 4. The molecule has 5 heterocycles. The van der Waals surface area contributed by atoms with Crippen molar-refractivity contribution in [1.82, 2.24) is 19.2 Å². The van der Waals surface area contributed by atoms with E-state index in [-0.39, 0.29) is 18.0 Å². The Labute approximate surface area is 211 Å². The monoisotopic (exact) mass is 511 g/mol. The summed E-state index contributed by atoms with van der Waals surface area (Å²) in [7, 11) is 0. The van der Waals surface area contributed by atoms with Crippen LogP contribution in [0.1, 0.15) is 17.7 Å². The maximum atomic E-state index is 13.4. The molecule has 182 valence electrons. The van der Waals surface area contributed by atoms with E-state index in [1.807, 2.05) is 6.07 Å². The van der Waals surface area contributed by atoms with Gasteiger partial charge in [0.15, 0.2) is 0 Å². The van der Waals surface area contributed by atoms with Gasteiger partial charge in [0.25, 0.3) is 11.5 Å². The lowest BCUT2D eigenvalue weighted by molar-refractivity contribution is -0.122. The number of rotatable bonds is 8. The number of carbonyl (C=O) groups excluding carboxylic acids is 1. The predicted molar refractivity (Wildman–Crippen MR) is 139 cm³/mol. The standard InChI is InChI=1S/C24H25N5O4S2/c30-22-18(15-19-23(31)29(24(34)35-19)16-17-5-3-12-33-17)21(26-20-6-1-2-9-28(20)22)25-7-4-8-27-10-13-32-14-11-27/h1-3,5-6,9,12,15,25H,4,7-8,10-11,13-14,16H2/b19-15-. The van der Waals surface area contributed by atoms with Crippen LogP contribution in [0, 0.1) is 0 Å². The minimum absolute atomic E-state index is 0.247. The third kappa shape index (κ3) is 5.32. The summed E-state index contributed by atoms with van der Waals surface area (Å²) in [5.74, 6) is 0.837.